The summed E-state index contributed by atoms with van der Waals surface area (Å²) in [6.07, 6.45) is 2.89. The molecule has 1 rings (SSSR count). The smallest absolute Gasteiger partial charge is 0.434 e. The summed E-state index contributed by atoms with van der Waals surface area (Å²) in [5.74, 6) is -0.573. The zero-order chi connectivity index (χ0) is 12.8. The number of carbonyl (C=O) groups is 2. The summed E-state index contributed by atoms with van der Waals surface area (Å²) in [7, 11) is 0. The summed E-state index contributed by atoms with van der Waals surface area (Å²) in [5.41, 5.74) is 0.451. The number of hydrogen-bond acceptors (Lipinski definition) is 4. The number of esters is 1. The Hall–Kier alpha value is -1.65. The summed E-state index contributed by atoms with van der Waals surface area (Å²) < 4.78 is 9.69. The number of hydrogen-bond donors (Lipinski definition) is 0. The molecule has 0 bridgehead atoms. The average Bonchev–Trinajstić information content (AvgIpc) is 2.68. The summed E-state index contributed by atoms with van der Waals surface area (Å²) in [6, 6.07) is 0. The van der Waals surface area contributed by atoms with Crippen molar-refractivity contribution in [2.45, 2.75) is 33.3 Å². The molecule has 94 valence electrons. The SMILES string of the molecule is C/C=C/C[C@H](C)C1=NC(=O)OC1C(=O)OCC. The predicted octanol–water partition coefficient (Wildman–Crippen LogP) is 2.11. The quantitative estimate of drug-likeness (QED) is 0.544. The van der Waals surface area contributed by atoms with Crippen molar-refractivity contribution >= 4 is 17.8 Å². The van der Waals surface area contributed by atoms with Crippen molar-refractivity contribution in [2.24, 2.45) is 10.9 Å². The van der Waals surface area contributed by atoms with Gasteiger partial charge in [0.25, 0.3) is 0 Å². The van der Waals surface area contributed by atoms with E-state index in [1.807, 2.05) is 26.0 Å². The molecule has 0 saturated carbocycles. The van der Waals surface area contributed by atoms with Crippen molar-refractivity contribution in [1.82, 2.24) is 0 Å². The van der Waals surface area contributed by atoms with Crippen LogP contribution in [0.25, 0.3) is 0 Å². The zero-order valence-corrected chi connectivity index (χ0v) is 10.3. The first-order valence-electron chi connectivity index (χ1n) is 5.67. The first kappa shape index (κ1) is 13.4. The molecule has 1 heterocycles. The Labute approximate surface area is 101 Å². The first-order valence-corrected chi connectivity index (χ1v) is 5.67. The molecule has 1 amide bonds. The monoisotopic (exact) mass is 239 g/mol. The van der Waals surface area contributed by atoms with Gasteiger partial charge in [-0.15, -0.1) is 0 Å². The normalized spacial score (nSPS) is 21.2. The molecular weight excluding hydrogens is 222 g/mol. The van der Waals surface area contributed by atoms with Gasteiger partial charge in [-0.25, -0.2) is 9.59 Å². The predicted molar refractivity (Wildman–Crippen MR) is 62.9 cm³/mol. The Balaban J connectivity index is 2.75. The largest absolute Gasteiger partial charge is 0.463 e. The lowest BCUT2D eigenvalue weighted by Crippen LogP contribution is -2.34. The molecule has 2 atom stereocenters. The third-order valence-electron chi connectivity index (χ3n) is 2.44. The highest BCUT2D eigenvalue weighted by atomic mass is 16.6. The van der Waals surface area contributed by atoms with E-state index in [2.05, 4.69) is 4.99 Å². The van der Waals surface area contributed by atoms with Crippen molar-refractivity contribution in [2.75, 3.05) is 6.61 Å². The molecule has 0 aromatic carbocycles. The van der Waals surface area contributed by atoms with E-state index in [-0.39, 0.29) is 12.5 Å². The molecule has 1 aliphatic heterocycles. The minimum Gasteiger partial charge on any atom is -0.463 e. The number of cyclic esters (lactones) is 1. The second-order valence-corrected chi connectivity index (χ2v) is 3.76. The number of allylic oxidation sites excluding steroid dienone is 2. The summed E-state index contributed by atoms with van der Waals surface area (Å²) >= 11 is 0. The van der Waals surface area contributed by atoms with Crippen LogP contribution in [0.4, 0.5) is 4.79 Å². The number of aliphatic imine (C=N–C) groups is 1. The van der Waals surface area contributed by atoms with Crippen LogP contribution in [0.2, 0.25) is 0 Å². The van der Waals surface area contributed by atoms with E-state index in [1.165, 1.54) is 0 Å². The van der Waals surface area contributed by atoms with Crippen LogP contribution in [0.15, 0.2) is 17.1 Å². The van der Waals surface area contributed by atoms with Gasteiger partial charge in [-0.3, -0.25) is 0 Å². The lowest BCUT2D eigenvalue weighted by molar-refractivity contribution is -0.149. The summed E-state index contributed by atoms with van der Waals surface area (Å²) in [5, 5.41) is 0. The van der Waals surface area contributed by atoms with E-state index in [0.29, 0.717) is 12.1 Å². The van der Waals surface area contributed by atoms with Crippen LogP contribution in [0, 0.1) is 5.92 Å². The number of amides is 1. The third kappa shape index (κ3) is 3.41. The van der Waals surface area contributed by atoms with Gasteiger partial charge in [0.05, 0.1) is 12.3 Å². The zero-order valence-electron chi connectivity index (χ0n) is 10.3. The Kier molecular flexibility index (Phi) is 4.87. The molecule has 0 saturated heterocycles. The molecule has 0 aromatic rings. The van der Waals surface area contributed by atoms with Crippen LogP contribution in [-0.2, 0) is 14.3 Å². The van der Waals surface area contributed by atoms with Gasteiger partial charge in [-0.05, 0) is 20.3 Å². The number of nitrogens with zero attached hydrogens (tertiary/aromatic N) is 1. The highest BCUT2D eigenvalue weighted by Gasteiger charge is 2.37. The van der Waals surface area contributed by atoms with Crippen molar-refractivity contribution < 1.29 is 19.1 Å². The van der Waals surface area contributed by atoms with E-state index >= 15 is 0 Å². The molecule has 5 heteroatoms. The van der Waals surface area contributed by atoms with Crippen LogP contribution in [-0.4, -0.2) is 30.5 Å². The topological polar surface area (TPSA) is 65.0 Å². The van der Waals surface area contributed by atoms with Crippen molar-refractivity contribution in [1.29, 1.82) is 0 Å². The third-order valence-corrected chi connectivity index (χ3v) is 2.44. The fraction of sp³-hybridized carbons (Fsp3) is 0.583. The maximum Gasteiger partial charge on any atom is 0.434 e. The van der Waals surface area contributed by atoms with Gasteiger partial charge in [-0.2, -0.15) is 4.99 Å². The van der Waals surface area contributed by atoms with Gasteiger partial charge in [0, 0.05) is 5.92 Å². The summed E-state index contributed by atoms with van der Waals surface area (Å²) in [6.45, 7) is 5.76. The van der Waals surface area contributed by atoms with Gasteiger partial charge in [0.2, 0.25) is 6.10 Å². The molecular formula is C12H17NO4. The first-order chi connectivity index (χ1) is 8.10. The van der Waals surface area contributed by atoms with E-state index in [4.69, 9.17) is 9.47 Å². The standard InChI is InChI=1S/C12H17NO4/c1-4-6-7-8(3)9-10(11(14)16-5-2)17-12(15)13-9/h4,6,8,10H,5,7H2,1-3H3/b6-4+/t8-,10?/m0/s1. The molecule has 0 N–H and O–H groups in total. The second kappa shape index (κ2) is 6.18. The van der Waals surface area contributed by atoms with Gasteiger partial charge >= 0.3 is 12.1 Å². The Morgan fingerprint density at radius 2 is 2.35 bits per heavy atom. The average molecular weight is 239 g/mol. The van der Waals surface area contributed by atoms with Crippen LogP contribution in [0.5, 0.6) is 0 Å². The molecule has 17 heavy (non-hydrogen) atoms. The van der Waals surface area contributed by atoms with Crippen LogP contribution < -0.4 is 0 Å². The van der Waals surface area contributed by atoms with E-state index in [1.54, 1.807) is 6.92 Å². The molecule has 0 spiro atoms. The van der Waals surface area contributed by atoms with Gasteiger partial charge in [0.15, 0.2) is 0 Å². The number of rotatable bonds is 5. The fourth-order valence-electron chi connectivity index (χ4n) is 1.57. The van der Waals surface area contributed by atoms with E-state index < -0.39 is 18.2 Å². The highest BCUT2D eigenvalue weighted by Crippen LogP contribution is 2.19. The van der Waals surface area contributed by atoms with Gasteiger partial charge in [0.1, 0.15) is 0 Å². The minimum absolute atomic E-state index is 0.0212. The maximum absolute atomic E-state index is 11.6. The molecule has 0 aliphatic carbocycles. The van der Waals surface area contributed by atoms with Crippen LogP contribution in [0.1, 0.15) is 27.2 Å². The molecule has 0 radical (unpaired) electrons. The Morgan fingerprint density at radius 3 is 2.94 bits per heavy atom. The number of ether oxygens (including phenoxy) is 2. The van der Waals surface area contributed by atoms with Crippen molar-refractivity contribution in [3.8, 4) is 0 Å². The van der Waals surface area contributed by atoms with Crippen molar-refractivity contribution in [3.63, 3.8) is 0 Å². The Bertz CT molecular complexity index is 360. The molecule has 1 unspecified atom stereocenters. The molecule has 0 fully saturated rings. The highest BCUT2D eigenvalue weighted by molar-refractivity contribution is 6.13. The summed E-state index contributed by atoms with van der Waals surface area (Å²) in [4.78, 5) is 26.4. The van der Waals surface area contributed by atoms with E-state index in [9.17, 15) is 9.59 Å². The molecule has 5 nitrogen and oxygen atoms in total. The second-order valence-electron chi connectivity index (χ2n) is 3.76. The van der Waals surface area contributed by atoms with Gasteiger partial charge < -0.3 is 9.47 Å². The minimum atomic E-state index is -0.970. The van der Waals surface area contributed by atoms with E-state index in [0.717, 1.165) is 0 Å². The number of carbonyl (C=O) groups excluding carboxylic acids is 2. The lowest BCUT2D eigenvalue weighted by atomic mass is 9.97. The van der Waals surface area contributed by atoms with Crippen LogP contribution in [0.3, 0.4) is 0 Å². The molecule has 0 aromatic heterocycles. The lowest BCUT2D eigenvalue weighted by Gasteiger charge is -2.14. The molecule has 1 aliphatic rings. The Morgan fingerprint density at radius 1 is 1.65 bits per heavy atom. The van der Waals surface area contributed by atoms with Crippen LogP contribution >= 0.6 is 0 Å². The maximum atomic E-state index is 11.6. The van der Waals surface area contributed by atoms with Gasteiger partial charge in [-0.1, -0.05) is 19.1 Å². The fourth-order valence-corrected chi connectivity index (χ4v) is 1.57. The van der Waals surface area contributed by atoms with Crippen molar-refractivity contribution in [3.05, 3.63) is 12.2 Å².